The van der Waals surface area contributed by atoms with Crippen molar-refractivity contribution in [3.05, 3.63) is 42.0 Å². The molecule has 1 aromatic carbocycles. The van der Waals surface area contributed by atoms with Gasteiger partial charge in [-0.05, 0) is 37.1 Å². The van der Waals surface area contributed by atoms with Gasteiger partial charge in [0.05, 0.1) is 19.1 Å². The van der Waals surface area contributed by atoms with Crippen LogP contribution in [-0.4, -0.2) is 16.7 Å². The fraction of sp³-hybridized carbons (Fsp3) is 0.308. The maximum absolute atomic E-state index is 5.24. The second-order valence-corrected chi connectivity index (χ2v) is 3.78. The van der Waals surface area contributed by atoms with Crippen LogP contribution < -0.4 is 4.74 Å². The van der Waals surface area contributed by atoms with Crippen LogP contribution in [0.3, 0.4) is 0 Å². The number of rotatable bonds is 3. The van der Waals surface area contributed by atoms with Crippen molar-refractivity contribution in [1.29, 1.82) is 0 Å². The van der Waals surface area contributed by atoms with E-state index in [-0.39, 0.29) is 0 Å². The van der Waals surface area contributed by atoms with Crippen LogP contribution in [0.15, 0.2) is 30.7 Å². The minimum Gasteiger partial charge on any atom is -0.496 e. The molecule has 0 atom stereocenters. The van der Waals surface area contributed by atoms with Crippen molar-refractivity contribution in [2.24, 2.45) is 0 Å². The van der Waals surface area contributed by atoms with E-state index < -0.39 is 0 Å². The molecule has 0 bridgehead atoms. The number of methoxy groups -OCH3 is 1. The zero-order valence-electron chi connectivity index (χ0n) is 9.90. The smallest absolute Gasteiger partial charge is 0.121 e. The summed E-state index contributed by atoms with van der Waals surface area (Å²) in [5, 5.41) is 0. The number of aryl methyl sites for hydroxylation is 2. The van der Waals surface area contributed by atoms with Crippen molar-refractivity contribution >= 4 is 0 Å². The fourth-order valence-corrected chi connectivity index (χ4v) is 1.71. The second-order valence-electron chi connectivity index (χ2n) is 3.78. The zero-order chi connectivity index (χ0) is 11.5. The molecule has 0 amide bonds. The highest BCUT2D eigenvalue weighted by Crippen LogP contribution is 2.20. The van der Waals surface area contributed by atoms with Crippen molar-refractivity contribution in [2.45, 2.75) is 20.3 Å². The van der Waals surface area contributed by atoms with Crippen molar-refractivity contribution in [1.82, 2.24) is 9.55 Å². The summed E-state index contributed by atoms with van der Waals surface area (Å²) in [5.41, 5.74) is 3.35. The van der Waals surface area contributed by atoms with Gasteiger partial charge in [0.15, 0.2) is 0 Å². The quantitative estimate of drug-likeness (QED) is 0.788. The Balaban J connectivity index is 2.37. The van der Waals surface area contributed by atoms with E-state index in [4.69, 9.17) is 4.74 Å². The number of ether oxygens (including phenoxy) is 1. The summed E-state index contributed by atoms with van der Waals surface area (Å²) in [6.07, 6.45) is 4.86. The normalized spacial score (nSPS) is 10.4. The SMILES string of the molecule is CCc1cn(-c2ccc(OC)c(C)c2)cn1. The van der Waals surface area contributed by atoms with E-state index >= 15 is 0 Å². The number of hydrogen-bond acceptors (Lipinski definition) is 2. The van der Waals surface area contributed by atoms with E-state index in [1.54, 1.807) is 7.11 Å². The van der Waals surface area contributed by atoms with Crippen LogP contribution in [0.4, 0.5) is 0 Å². The first-order chi connectivity index (χ1) is 7.74. The molecule has 1 aromatic heterocycles. The molecule has 0 fully saturated rings. The molecule has 2 aromatic rings. The molecule has 2 rings (SSSR count). The molecular weight excluding hydrogens is 200 g/mol. The molecule has 0 saturated heterocycles. The molecule has 0 unspecified atom stereocenters. The minimum absolute atomic E-state index is 0.916. The van der Waals surface area contributed by atoms with Crippen molar-refractivity contribution in [2.75, 3.05) is 7.11 Å². The highest BCUT2D eigenvalue weighted by atomic mass is 16.5. The van der Waals surface area contributed by atoms with Crippen molar-refractivity contribution in [3.63, 3.8) is 0 Å². The Labute approximate surface area is 95.7 Å². The summed E-state index contributed by atoms with van der Waals surface area (Å²) in [6, 6.07) is 6.11. The third-order valence-corrected chi connectivity index (χ3v) is 2.67. The van der Waals surface area contributed by atoms with Crippen LogP contribution in [0.5, 0.6) is 5.75 Å². The van der Waals surface area contributed by atoms with Crippen LogP contribution >= 0.6 is 0 Å². The van der Waals surface area contributed by atoms with Gasteiger partial charge in [-0.1, -0.05) is 6.92 Å². The Kier molecular flexibility index (Phi) is 2.95. The third-order valence-electron chi connectivity index (χ3n) is 2.67. The Morgan fingerprint density at radius 3 is 2.75 bits per heavy atom. The van der Waals surface area contributed by atoms with Gasteiger partial charge in [-0.3, -0.25) is 0 Å². The fourth-order valence-electron chi connectivity index (χ4n) is 1.71. The largest absolute Gasteiger partial charge is 0.496 e. The molecule has 0 aliphatic rings. The zero-order valence-corrected chi connectivity index (χ0v) is 9.90. The Morgan fingerprint density at radius 2 is 2.19 bits per heavy atom. The predicted octanol–water partition coefficient (Wildman–Crippen LogP) is 2.75. The predicted molar refractivity (Wildman–Crippen MR) is 64.2 cm³/mol. The van der Waals surface area contributed by atoms with Gasteiger partial charge >= 0.3 is 0 Å². The summed E-state index contributed by atoms with van der Waals surface area (Å²) in [5.74, 6) is 0.916. The summed E-state index contributed by atoms with van der Waals surface area (Å²) in [7, 11) is 1.69. The lowest BCUT2D eigenvalue weighted by Crippen LogP contribution is -1.93. The van der Waals surface area contributed by atoms with Crippen LogP contribution in [0.25, 0.3) is 5.69 Å². The van der Waals surface area contributed by atoms with Crippen molar-refractivity contribution < 1.29 is 4.74 Å². The number of nitrogens with zero attached hydrogens (tertiary/aromatic N) is 2. The average molecular weight is 216 g/mol. The Morgan fingerprint density at radius 1 is 1.38 bits per heavy atom. The third kappa shape index (κ3) is 1.94. The Hall–Kier alpha value is -1.77. The van der Waals surface area contributed by atoms with E-state index in [9.17, 15) is 0 Å². The highest BCUT2D eigenvalue weighted by molar-refractivity contribution is 5.43. The number of hydrogen-bond donors (Lipinski definition) is 0. The molecule has 0 aliphatic heterocycles. The molecule has 0 spiro atoms. The first-order valence-electron chi connectivity index (χ1n) is 5.42. The molecule has 1 heterocycles. The van der Waals surface area contributed by atoms with E-state index in [2.05, 4.69) is 24.2 Å². The number of aromatic nitrogens is 2. The lowest BCUT2D eigenvalue weighted by molar-refractivity contribution is 0.411. The molecule has 0 N–H and O–H groups in total. The van der Waals surface area contributed by atoms with Gasteiger partial charge < -0.3 is 9.30 Å². The number of imidazole rings is 1. The van der Waals surface area contributed by atoms with E-state index in [0.717, 1.165) is 29.1 Å². The second kappa shape index (κ2) is 4.39. The van der Waals surface area contributed by atoms with Gasteiger partial charge in [-0.25, -0.2) is 4.98 Å². The van der Waals surface area contributed by atoms with E-state index in [0.29, 0.717) is 0 Å². The van der Waals surface area contributed by atoms with E-state index in [1.165, 1.54) is 0 Å². The monoisotopic (exact) mass is 216 g/mol. The van der Waals surface area contributed by atoms with Gasteiger partial charge in [-0.15, -0.1) is 0 Å². The lowest BCUT2D eigenvalue weighted by atomic mass is 10.2. The first kappa shape index (κ1) is 10.7. The van der Waals surface area contributed by atoms with Gasteiger partial charge in [-0.2, -0.15) is 0 Å². The standard InChI is InChI=1S/C13H16N2O/c1-4-11-8-15(9-14-11)12-5-6-13(16-3)10(2)7-12/h5-9H,4H2,1-3H3. The molecule has 3 heteroatoms. The molecule has 16 heavy (non-hydrogen) atoms. The molecule has 84 valence electrons. The van der Waals surface area contributed by atoms with Gasteiger partial charge in [0.1, 0.15) is 5.75 Å². The van der Waals surface area contributed by atoms with Crippen LogP contribution in [0.1, 0.15) is 18.2 Å². The van der Waals surface area contributed by atoms with Gasteiger partial charge in [0.2, 0.25) is 0 Å². The molecule has 3 nitrogen and oxygen atoms in total. The maximum Gasteiger partial charge on any atom is 0.121 e. The lowest BCUT2D eigenvalue weighted by Gasteiger charge is -2.07. The topological polar surface area (TPSA) is 27.1 Å². The summed E-state index contributed by atoms with van der Waals surface area (Å²) in [6.45, 7) is 4.14. The summed E-state index contributed by atoms with van der Waals surface area (Å²) >= 11 is 0. The van der Waals surface area contributed by atoms with Crippen LogP contribution in [0.2, 0.25) is 0 Å². The van der Waals surface area contributed by atoms with E-state index in [1.807, 2.05) is 30.0 Å². The molecule has 0 radical (unpaired) electrons. The molecule has 0 aliphatic carbocycles. The molecular formula is C13H16N2O. The minimum atomic E-state index is 0.916. The van der Waals surface area contributed by atoms with Gasteiger partial charge in [0, 0.05) is 11.9 Å². The van der Waals surface area contributed by atoms with Crippen LogP contribution in [0, 0.1) is 6.92 Å². The summed E-state index contributed by atoms with van der Waals surface area (Å²) < 4.78 is 7.27. The highest BCUT2D eigenvalue weighted by Gasteiger charge is 2.02. The summed E-state index contributed by atoms with van der Waals surface area (Å²) in [4.78, 5) is 4.32. The Bertz CT molecular complexity index is 488. The first-order valence-corrected chi connectivity index (χ1v) is 5.42. The average Bonchev–Trinajstić information content (AvgIpc) is 2.77. The van der Waals surface area contributed by atoms with Crippen LogP contribution in [-0.2, 0) is 6.42 Å². The maximum atomic E-state index is 5.24. The number of benzene rings is 1. The van der Waals surface area contributed by atoms with Gasteiger partial charge in [0.25, 0.3) is 0 Å². The molecule has 0 saturated carbocycles. The van der Waals surface area contributed by atoms with Crippen molar-refractivity contribution in [3.8, 4) is 11.4 Å².